The lowest BCUT2D eigenvalue weighted by atomic mass is 10.0. The summed E-state index contributed by atoms with van der Waals surface area (Å²) in [7, 11) is 0. The van der Waals surface area contributed by atoms with E-state index >= 15 is 0 Å². The minimum absolute atomic E-state index is 0.0714. The molecule has 1 amide bonds. The fourth-order valence-corrected chi connectivity index (χ4v) is 1.74. The topological polar surface area (TPSA) is 85.8 Å². The van der Waals surface area contributed by atoms with Crippen LogP contribution in [0.5, 0.6) is 0 Å². The number of hydrogen-bond donors (Lipinski definition) is 2. The molecule has 2 aromatic rings. The maximum absolute atomic E-state index is 12.0. The lowest BCUT2D eigenvalue weighted by molar-refractivity contribution is -0.119. The Kier molecular flexibility index (Phi) is 4.47. The van der Waals surface area contributed by atoms with Gasteiger partial charge >= 0.3 is 0 Å². The van der Waals surface area contributed by atoms with Gasteiger partial charge in [0.05, 0.1) is 12.5 Å². The van der Waals surface area contributed by atoms with Crippen molar-refractivity contribution >= 4 is 11.6 Å². The predicted molar refractivity (Wildman–Crippen MR) is 77.0 cm³/mol. The van der Waals surface area contributed by atoms with E-state index in [1.54, 1.807) is 11.0 Å². The van der Waals surface area contributed by atoms with Crippen LogP contribution in [0.25, 0.3) is 0 Å². The van der Waals surface area contributed by atoms with Crippen LogP contribution in [0.4, 0.5) is 5.69 Å². The van der Waals surface area contributed by atoms with Crippen molar-refractivity contribution in [1.29, 1.82) is 0 Å². The Morgan fingerprint density at radius 3 is 2.90 bits per heavy atom. The van der Waals surface area contributed by atoms with E-state index in [0.717, 1.165) is 11.3 Å². The molecule has 3 N–H and O–H groups in total. The molecule has 0 aliphatic carbocycles. The zero-order valence-corrected chi connectivity index (χ0v) is 11.7. The van der Waals surface area contributed by atoms with Crippen LogP contribution in [-0.2, 0) is 11.3 Å². The van der Waals surface area contributed by atoms with Gasteiger partial charge in [0.25, 0.3) is 0 Å². The molecule has 2 unspecified atom stereocenters. The van der Waals surface area contributed by atoms with Gasteiger partial charge in [-0.05, 0) is 24.6 Å². The van der Waals surface area contributed by atoms with Gasteiger partial charge in [-0.3, -0.25) is 4.79 Å². The predicted octanol–water partition coefficient (Wildman–Crippen LogP) is 1.25. The molecular weight excluding hydrogens is 254 g/mol. The molecule has 0 fully saturated rings. The second-order valence-corrected chi connectivity index (χ2v) is 4.93. The number of nitrogens with two attached hydrogens (primary N) is 1. The van der Waals surface area contributed by atoms with Crippen molar-refractivity contribution in [2.45, 2.75) is 26.4 Å². The van der Waals surface area contributed by atoms with E-state index in [0.29, 0.717) is 6.54 Å². The first-order valence-corrected chi connectivity index (χ1v) is 6.54. The molecule has 2 atom stereocenters. The molecule has 6 heteroatoms. The highest BCUT2D eigenvalue weighted by Gasteiger charge is 2.16. The largest absolute Gasteiger partial charge is 0.327 e. The first-order chi connectivity index (χ1) is 9.56. The molecule has 2 rings (SSSR count). The first kappa shape index (κ1) is 14.2. The molecule has 0 saturated carbocycles. The van der Waals surface area contributed by atoms with Crippen molar-refractivity contribution < 1.29 is 4.79 Å². The Morgan fingerprint density at radius 2 is 2.25 bits per heavy atom. The van der Waals surface area contributed by atoms with Crippen LogP contribution in [0.1, 0.15) is 19.4 Å². The zero-order valence-electron chi connectivity index (χ0n) is 11.7. The first-order valence-electron chi connectivity index (χ1n) is 6.54. The van der Waals surface area contributed by atoms with Crippen molar-refractivity contribution in [2.24, 2.45) is 11.7 Å². The van der Waals surface area contributed by atoms with E-state index in [-0.39, 0.29) is 17.9 Å². The van der Waals surface area contributed by atoms with Crippen LogP contribution in [0.3, 0.4) is 0 Å². The van der Waals surface area contributed by atoms with Gasteiger partial charge < -0.3 is 11.1 Å². The summed E-state index contributed by atoms with van der Waals surface area (Å²) in [6.45, 7) is 4.26. The lowest BCUT2D eigenvalue weighted by Gasteiger charge is -2.15. The fourth-order valence-electron chi connectivity index (χ4n) is 1.74. The Bertz CT molecular complexity index is 565. The normalized spacial score (nSPS) is 13.8. The van der Waals surface area contributed by atoms with Crippen molar-refractivity contribution in [3.8, 4) is 0 Å². The summed E-state index contributed by atoms with van der Waals surface area (Å²) in [5, 5.41) is 6.93. The molecule has 0 bridgehead atoms. The summed E-state index contributed by atoms with van der Waals surface area (Å²) in [5.41, 5.74) is 7.54. The summed E-state index contributed by atoms with van der Waals surface area (Å²) in [6.07, 6.45) is 3.15. The average Bonchev–Trinajstić information content (AvgIpc) is 2.91. The lowest BCUT2D eigenvalue weighted by Crippen LogP contribution is -2.34. The van der Waals surface area contributed by atoms with Gasteiger partial charge in [-0.15, -0.1) is 0 Å². The summed E-state index contributed by atoms with van der Waals surface area (Å²) in [4.78, 5) is 15.9. The molecular formula is C14H19N5O. The molecule has 106 valence electrons. The van der Waals surface area contributed by atoms with Crippen LogP contribution in [0.2, 0.25) is 0 Å². The van der Waals surface area contributed by atoms with Crippen molar-refractivity contribution in [3.05, 3.63) is 42.5 Å². The maximum atomic E-state index is 12.0. The number of carbonyl (C=O) groups is 1. The number of nitrogens with zero attached hydrogens (tertiary/aromatic N) is 3. The number of nitrogens with one attached hydrogen (secondary N) is 1. The summed E-state index contributed by atoms with van der Waals surface area (Å²) >= 11 is 0. The van der Waals surface area contributed by atoms with Crippen LogP contribution in [-0.4, -0.2) is 26.7 Å². The number of amides is 1. The van der Waals surface area contributed by atoms with Crippen LogP contribution in [0.15, 0.2) is 36.9 Å². The highest BCUT2D eigenvalue weighted by atomic mass is 16.1. The number of hydrogen-bond acceptors (Lipinski definition) is 4. The zero-order chi connectivity index (χ0) is 14.5. The quantitative estimate of drug-likeness (QED) is 0.858. The third-order valence-corrected chi connectivity index (χ3v) is 3.21. The molecule has 1 aromatic heterocycles. The molecule has 1 aromatic carbocycles. The molecule has 0 aliphatic heterocycles. The standard InChI is InChI=1S/C14H19N5O/c1-10(11(2)15)14(20)18-13-5-3-4-12(6-13)7-19-9-16-8-17-19/h3-6,8-11H,7,15H2,1-2H3,(H,18,20). The van der Waals surface area contributed by atoms with E-state index in [9.17, 15) is 4.79 Å². The molecule has 0 radical (unpaired) electrons. The number of aromatic nitrogens is 3. The second kappa shape index (κ2) is 6.29. The molecule has 0 spiro atoms. The molecule has 0 saturated heterocycles. The third kappa shape index (κ3) is 3.64. The second-order valence-electron chi connectivity index (χ2n) is 4.93. The smallest absolute Gasteiger partial charge is 0.228 e. The highest BCUT2D eigenvalue weighted by Crippen LogP contribution is 2.13. The molecule has 1 heterocycles. The molecule has 6 nitrogen and oxygen atoms in total. The fraction of sp³-hybridized carbons (Fsp3) is 0.357. The maximum Gasteiger partial charge on any atom is 0.228 e. The van der Waals surface area contributed by atoms with Crippen molar-refractivity contribution in [3.63, 3.8) is 0 Å². The summed E-state index contributed by atoms with van der Waals surface area (Å²) < 4.78 is 1.73. The Labute approximate surface area is 118 Å². The van der Waals surface area contributed by atoms with Crippen LogP contribution < -0.4 is 11.1 Å². The van der Waals surface area contributed by atoms with Crippen molar-refractivity contribution in [1.82, 2.24) is 14.8 Å². The van der Waals surface area contributed by atoms with Gasteiger partial charge in [0.1, 0.15) is 12.7 Å². The number of rotatable bonds is 5. The minimum atomic E-state index is -0.228. The minimum Gasteiger partial charge on any atom is -0.327 e. The van der Waals surface area contributed by atoms with Crippen LogP contribution in [0, 0.1) is 5.92 Å². The van der Waals surface area contributed by atoms with Gasteiger partial charge in [0.2, 0.25) is 5.91 Å². The Morgan fingerprint density at radius 1 is 1.45 bits per heavy atom. The van der Waals surface area contributed by atoms with Crippen LogP contribution >= 0.6 is 0 Å². The van der Waals surface area contributed by atoms with Gasteiger partial charge in [-0.1, -0.05) is 19.1 Å². The number of carbonyl (C=O) groups excluding carboxylic acids is 1. The SMILES string of the molecule is CC(N)C(C)C(=O)Nc1cccc(Cn2cncn2)c1. The number of benzene rings is 1. The summed E-state index contributed by atoms with van der Waals surface area (Å²) in [6, 6.07) is 7.49. The van der Waals surface area contributed by atoms with E-state index in [1.165, 1.54) is 6.33 Å². The average molecular weight is 273 g/mol. The molecule has 0 aliphatic rings. The van der Waals surface area contributed by atoms with Gasteiger partial charge in [0.15, 0.2) is 0 Å². The van der Waals surface area contributed by atoms with Gasteiger partial charge in [0, 0.05) is 11.7 Å². The van der Waals surface area contributed by atoms with Gasteiger partial charge in [-0.2, -0.15) is 5.10 Å². The van der Waals surface area contributed by atoms with E-state index in [1.807, 2.05) is 38.1 Å². The van der Waals surface area contributed by atoms with E-state index in [2.05, 4.69) is 15.4 Å². The Hall–Kier alpha value is -2.21. The number of anilines is 1. The summed E-state index contributed by atoms with van der Waals surface area (Å²) in [5.74, 6) is -0.299. The third-order valence-electron chi connectivity index (χ3n) is 3.21. The van der Waals surface area contributed by atoms with E-state index < -0.39 is 0 Å². The molecule has 20 heavy (non-hydrogen) atoms. The monoisotopic (exact) mass is 273 g/mol. The Balaban J connectivity index is 2.04. The highest BCUT2D eigenvalue weighted by molar-refractivity contribution is 5.92. The van der Waals surface area contributed by atoms with Gasteiger partial charge in [-0.25, -0.2) is 9.67 Å². The van der Waals surface area contributed by atoms with E-state index in [4.69, 9.17) is 5.73 Å². The van der Waals surface area contributed by atoms with Crippen molar-refractivity contribution in [2.75, 3.05) is 5.32 Å².